The summed E-state index contributed by atoms with van der Waals surface area (Å²) in [5.41, 5.74) is 1.53. The number of piperazine rings is 1. The van der Waals surface area contributed by atoms with Crippen molar-refractivity contribution < 1.29 is 24.0 Å². The van der Waals surface area contributed by atoms with Crippen LogP contribution in [0.3, 0.4) is 0 Å². The van der Waals surface area contributed by atoms with Gasteiger partial charge in [-0.1, -0.05) is 6.07 Å². The molecular weight excluding hydrogens is 452 g/mol. The third-order valence-electron chi connectivity index (χ3n) is 5.81. The molecular formula is C25H32N4O6. The minimum absolute atomic E-state index is 0.00878. The number of hydrogen-bond donors (Lipinski definition) is 1. The minimum atomic E-state index is -0.474. The predicted octanol–water partition coefficient (Wildman–Crippen LogP) is 3.03. The number of anilines is 1. The van der Waals surface area contributed by atoms with E-state index in [2.05, 4.69) is 5.32 Å². The number of benzene rings is 2. The maximum absolute atomic E-state index is 12.7. The number of rotatable bonds is 10. The zero-order valence-corrected chi connectivity index (χ0v) is 20.4. The Balaban J connectivity index is 1.63. The highest BCUT2D eigenvalue weighted by Crippen LogP contribution is 2.31. The first-order chi connectivity index (χ1) is 16.8. The lowest BCUT2D eigenvalue weighted by Gasteiger charge is -2.35. The number of nitrogens with zero attached hydrogens (tertiary/aromatic N) is 3. The number of nitro groups is 1. The van der Waals surface area contributed by atoms with Crippen LogP contribution < -0.4 is 19.7 Å². The normalized spacial score (nSPS) is 13.3. The second kappa shape index (κ2) is 12.0. The molecule has 10 heteroatoms. The van der Waals surface area contributed by atoms with Crippen molar-refractivity contribution in [1.29, 1.82) is 0 Å². The Morgan fingerprint density at radius 2 is 1.69 bits per heavy atom. The predicted molar refractivity (Wildman–Crippen MR) is 132 cm³/mol. The molecule has 10 nitrogen and oxygen atoms in total. The molecule has 2 amide bonds. The van der Waals surface area contributed by atoms with Crippen molar-refractivity contribution in [1.82, 2.24) is 10.2 Å². The molecule has 0 atom stereocenters. The summed E-state index contributed by atoms with van der Waals surface area (Å²) in [6.07, 6.45) is 0.568. The van der Waals surface area contributed by atoms with Crippen LogP contribution in [0.5, 0.6) is 11.5 Å². The van der Waals surface area contributed by atoms with Crippen LogP contribution in [0.4, 0.5) is 11.4 Å². The molecule has 0 saturated carbocycles. The fourth-order valence-electron chi connectivity index (χ4n) is 4.01. The summed E-state index contributed by atoms with van der Waals surface area (Å²) in [5.74, 6) is 0.952. The van der Waals surface area contributed by atoms with Crippen LogP contribution >= 0.6 is 0 Å². The number of amides is 2. The fourth-order valence-corrected chi connectivity index (χ4v) is 4.01. The monoisotopic (exact) mass is 484 g/mol. The van der Waals surface area contributed by atoms with Crippen LogP contribution in [0, 0.1) is 10.1 Å². The van der Waals surface area contributed by atoms with Crippen LogP contribution in [-0.4, -0.2) is 67.6 Å². The molecule has 1 aliphatic heterocycles. The third kappa shape index (κ3) is 6.62. The molecule has 1 saturated heterocycles. The van der Waals surface area contributed by atoms with Crippen molar-refractivity contribution in [3.05, 3.63) is 57.6 Å². The summed E-state index contributed by atoms with van der Waals surface area (Å²) in [4.78, 5) is 39.1. The lowest BCUT2D eigenvalue weighted by atomic mass is 10.1. The highest BCUT2D eigenvalue weighted by Gasteiger charge is 2.25. The molecule has 0 radical (unpaired) electrons. The maximum atomic E-state index is 12.7. The molecule has 3 rings (SSSR count). The van der Waals surface area contributed by atoms with Crippen LogP contribution in [0.25, 0.3) is 0 Å². The van der Waals surface area contributed by atoms with Gasteiger partial charge in [-0.15, -0.1) is 0 Å². The van der Waals surface area contributed by atoms with E-state index in [4.69, 9.17) is 9.47 Å². The van der Waals surface area contributed by atoms with E-state index >= 15 is 0 Å². The second-order valence-electron chi connectivity index (χ2n) is 8.11. The summed E-state index contributed by atoms with van der Waals surface area (Å²) in [6, 6.07) is 10.2. The molecule has 0 aromatic heterocycles. The van der Waals surface area contributed by atoms with Gasteiger partial charge in [0, 0.05) is 51.3 Å². The SMILES string of the molecule is CCOc1ccc(CCNC(=O)c2ccc(N3CCN(C(C)=O)CC3)c([N+](=O)[O-])c2)cc1OCC. The molecule has 2 aromatic rings. The first-order valence-corrected chi connectivity index (χ1v) is 11.8. The van der Waals surface area contributed by atoms with Crippen molar-refractivity contribution in [3.8, 4) is 11.5 Å². The molecule has 1 N–H and O–H groups in total. The van der Waals surface area contributed by atoms with E-state index in [1.54, 1.807) is 17.0 Å². The number of ether oxygens (including phenoxy) is 2. The lowest BCUT2D eigenvalue weighted by Crippen LogP contribution is -2.48. The highest BCUT2D eigenvalue weighted by atomic mass is 16.6. The average Bonchev–Trinajstić information content (AvgIpc) is 2.85. The Kier molecular flexibility index (Phi) is 8.88. The Hall–Kier alpha value is -3.82. The van der Waals surface area contributed by atoms with E-state index in [0.29, 0.717) is 69.5 Å². The molecule has 1 heterocycles. The van der Waals surface area contributed by atoms with Gasteiger partial charge in [0.05, 0.1) is 18.1 Å². The Morgan fingerprint density at radius 1 is 1.00 bits per heavy atom. The zero-order valence-electron chi connectivity index (χ0n) is 20.4. The molecule has 0 spiro atoms. The van der Waals surface area contributed by atoms with Gasteiger partial charge in [0.1, 0.15) is 5.69 Å². The summed E-state index contributed by atoms with van der Waals surface area (Å²) in [6.45, 7) is 8.74. The van der Waals surface area contributed by atoms with E-state index in [9.17, 15) is 19.7 Å². The van der Waals surface area contributed by atoms with Gasteiger partial charge < -0.3 is 24.6 Å². The number of carbonyl (C=O) groups excluding carboxylic acids is 2. The Labute approximate surface area is 204 Å². The van der Waals surface area contributed by atoms with E-state index in [0.717, 1.165) is 5.56 Å². The first kappa shape index (κ1) is 25.8. The molecule has 188 valence electrons. The number of nitro benzene ring substituents is 1. The van der Waals surface area contributed by atoms with E-state index in [1.807, 2.05) is 36.9 Å². The van der Waals surface area contributed by atoms with E-state index in [1.165, 1.54) is 13.0 Å². The largest absolute Gasteiger partial charge is 0.490 e. The van der Waals surface area contributed by atoms with E-state index in [-0.39, 0.29) is 23.1 Å². The van der Waals surface area contributed by atoms with Crippen LogP contribution in [0.1, 0.15) is 36.7 Å². The smallest absolute Gasteiger partial charge is 0.293 e. The topological polar surface area (TPSA) is 114 Å². The van der Waals surface area contributed by atoms with Crippen LogP contribution in [0.15, 0.2) is 36.4 Å². The molecule has 0 bridgehead atoms. The lowest BCUT2D eigenvalue weighted by molar-refractivity contribution is -0.384. The quantitative estimate of drug-likeness (QED) is 0.407. The molecule has 0 unspecified atom stereocenters. The second-order valence-corrected chi connectivity index (χ2v) is 8.11. The average molecular weight is 485 g/mol. The van der Waals surface area contributed by atoms with Crippen LogP contribution in [-0.2, 0) is 11.2 Å². The highest BCUT2D eigenvalue weighted by molar-refractivity contribution is 5.95. The van der Waals surface area contributed by atoms with Gasteiger partial charge in [0.2, 0.25) is 5.91 Å². The summed E-state index contributed by atoms with van der Waals surface area (Å²) < 4.78 is 11.2. The summed E-state index contributed by atoms with van der Waals surface area (Å²) in [5, 5.41) is 14.6. The van der Waals surface area contributed by atoms with Crippen LogP contribution in [0.2, 0.25) is 0 Å². The standard InChI is InChI=1S/C25H32N4O6/c1-4-34-23-9-6-19(16-24(23)35-5-2)10-11-26-25(31)20-7-8-21(22(17-20)29(32)33)28-14-12-27(13-15-28)18(3)30/h6-9,16-17H,4-5,10-15H2,1-3H3,(H,26,31). The van der Waals surface area contributed by atoms with Crippen molar-refractivity contribution in [2.24, 2.45) is 0 Å². The van der Waals surface area contributed by atoms with Gasteiger partial charge in [-0.25, -0.2) is 0 Å². The molecule has 2 aromatic carbocycles. The zero-order chi connectivity index (χ0) is 25.4. The Bertz CT molecular complexity index is 1070. The van der Waals surface area contributed by atoms with Gasteiger partial charge >= 0.3 is 0 Å². The summed E-state index contributed by atoms with van der Waals surface area (Å²) >= 11 is 0. The van der Waals surface area contributed by atoms with Crippen molar-refractivity contribution in [2.45, 2.75) is 27.2 Å². The minimum Gasteiger partial charge on any atom is -0.490 e. The van der Waals surface area contributed by atoms with Crippen molar-refractivity contribution in [3.63, 3.8) is 0 Å². The van der Waals surface area contributed by atoms with Crippen molar-refractivity contribution in [2.75, 3.05) is 50.8 Å². The number of carbonyl (C=O) groups is 2. The van der Waals surface area contributed by atoms with E-state index < -0.39 is 4.92 Å². The molecule has 0 aliphatic carbocycles. The summed E-state index contributed by atoms with van der Waals surface area (Å²) in [7, 11) is 0. The fraction of sp³-hybridized carbons (Fsp3) is 0.440. The molecule has 1 fully saturated rings. The third-order valence-corrected chi connectivity index (χ3v) is 5.81. The number of hydrogen-bond acceptors (Lipinski definition) is 7. The molecule has 1 aliphatic rings. The van der Waals surface area contributed by atoms with Gasteiger partial charge in [0.25, 0.3) is 11.6 Å². The first-order valence-electron chi connectivity index (χ1n) is 11.8. The number of nitrogens with one attached hydrogen (secondary N) is 1. The van der Waals surface area contributed by atoms with Gasteiger partial charge in [-0.2, -0.15) is 0 Å². The van der Waals surface area contributed by atoms with Gasteiger partial charge in [-0.05, 0) is 50.1 Å². The van der Waals surface area contributed by atoms with Gasteiger partial charge in [-0.3, -0.25) is 19.7 Å². The van der Waals surface area contributed by atoms with Crippen molar-refractivity contribution >= 4 is 23.2 Å². The molecule has 35 heavy (non-hydrogen) atoms. The Morgan fingerprint density at radius 3 is 2.31 bits per heavy atom. The van der Waals surface area contributed by atoms with Gasteiger partial charge in [0.15, 0.2) is 11.5 Å². The maximum Gasteiger partial charge on any atom is 0.293 e.